The van der Waals surface area contributed by atoms with Crippen LogP contribution in [0.2, 0.25) is 0 Å². The van der Waals surface area contributed by atoms with E-state index in [1.54, 1.807) is 53.0 Å². The van der Waals surface area contributed by atoms with Gasteiger partial charge in [0.25, 0.3) is 0 Å². The van der Waals surface area contributed by atoms with Gasteiger partial charge in [-0.2, -0.15) is 0 Å². The molecular weight excluding hydrogens is 468 g/mol. The molecule has 8 nitrogen and oxygen atoms in total. The maximum Gasteiger partial charge on any atom is 0.334 e. The zero-order valence-electron chi connectivity index (χ0n) is 19.4. The Morgan fingerprint density at radius 3 is 2.58 bits per heavy atom. The Morgan fingerprint density at radius 1 is 1.19 bits per heavy atom. The molecule has 1 aliphatic carbocycles. The van der Waals surface area contributed by atoms with Crippen molar-refractivity contribution in [2.75, 3.05) is 12.8 Å². The van der Waals surface area contributed by atoms with E-state index in [0.717, 1.165) is 12.1 Å². The number of carbonyl (C=O) groups excluding carboxylic acids is 1. The molecule has 10 heteroatoms. The van der Waals surface area contributed by atoms with Gasteiger partial charge in [0, 0.05) is 31.4 Å². The number of pyridine rings is 1. The first-order chi connectivity index (χ1) is 17.3. The van der Waals surface area contributed by atoms with Crippen LogP contribution in [0.25, 0.3) is 16.7 Å². The number of ether oxygens (including phenoxy) is 1. The molecule has 0 unspecified atom stereocenters. The average Bonchev–Trinajstić information content (AvgIpc) is 3.13. The summed E-state index contributed by atoms with van der Waals surface area (Å²) in [5.74, 6) is -1.29. The molecule has 2 N–H and O–H groups in total. The minimum Gasteiger partial charge on any atom is -0.454 e. The second kappa shape index (κ2) is 8.95. The number of halogens is 2. The third-order valence-corrected chi connectivity index (χ3v) is 6.55. The summed E-state index contributed by atoms with van der Waals surface area (Å²) in [5.41, 5.74) is 7.53. The molecule has 1 saturated carbocycles. The Hall–Kier alpha value is -4.47. The van der Waals surface area contributed by atoms with Gasteiger partial charge in [0.2, 0.25) is 5.91 Å². The zero-order valence-corrected chi connectivity index (χ0v) is 19.4. The Kier molecular flexibility index (Phi) is 5.79. The minimum atomic E-state index is -0.823. The molecule has 0 saturated heterocycles. The lowest BCUT2D eigenvalue weighted by Gasteiger charge is -2.41. The number of rotatable bonds is 6. The van der Waals surface area contributed by atoms with Crippen molar-refractivity contribution in [3.8, 4) is 17.2 Å². The van der Waals surface area contributed by atoms with Crippen molar-refractivity contribution >= 4 is 22.8 Å². The van der Waals surface area contributed by atoms with Gasteiger partial charge in [-0.15, -0.1) is 0 Å². The predicted molar refractivity (Wildman–Crippen MR) is 131 cm³/mol. The summed E-state index contributed by atoms with van der Waals surface area (Å²) in [7, 11) is 1.72. The lowest BCUT2D eigenvalue weighted by molar-refractivity contribution is -0.128. The molecule has 4 aromatic rings. The van der Waals surface area contributed by atoms with Gasteiger partial charge < -0.3 is 15.4 Å². The number of nitrogens with zero attached hydrogens (tertiary/aromatic N) is 4. The number of aromatic nitrogens is 3. The van der Waals surface area contributed by atoms with E-state index in [-0.39, 0.29) is 35.2 Å². The summed E-state index contributed by atoms with van der Waals surface area (Å²) in [6.07, 6.45) is 4.06. The molecule has 0 bridgehead atoms. The quantitative estimate of drug-likeness (QED) is 0.408. The fourth-order valence-corrected chi connectivity index (χ4v) is 4.54. The normalized spacial score (nSPS) is 17.0. The van der Waals surface area contributed by atoms with Crippen molar-refractivity contribution < 1.29 is 18.3 Å². The van der Waals surface area contributed by atoms with E-state index in [0.29, 0.717) is 35.3 Å². The first-order valence-electron chi connectivity index (χ1n) is 11.3. The highest BCUT2D eigenvalue weighted by molar-refractivity contribution is 5.88. The van der Waals surface area contributed by atoms with Crippen LogP contribution < -0.4 is 16.2 Å². The highest BCUT2D eigenvalue weighted by Crippen LogP contribution is 2.37. The smallest absolute Gasteiger partial charge is 0.334 e. The van der Waals surface area contributed by atoms with Crippen molar-refractivity contribution in [1.82, 2.24) is 19.0 Å². The van der Waals surface area contributed by atoms with Gasteiger partial charge in [0.15, 0.2) is 11.6 Å². The van der Waals surface area contributed by atoms with E-state index in [1.165, 1.54) is 16.7 Å². The summed E-state index contributed by atoms with van der Waals surface area (Å²) >= 11 is 0. The molecule has 2 aromatic carbocycles. The number of imidazole rings is 1. The van der Waals surface area contributed by atoms with Gasteiger partial charge in [0.05, 0.1) is 11.2 Å². The predicted octanol–water partition coefficient (Wildman–Crippen LogP) is 4.19. The topological polar surface area (TPSA) is 95.4 Å². The number of anilines is 1. The summed E-state index contributed by atoms with van der Waals surface area (Å²) in [6, 6.07) is 11.1. The first-order valence-corrected chi connectivity index (χ1v) is 11.3. The Morgan fingerprint density at radius 2 is 1.92 bits per heavy atom. The molecule has 2 aromatic heterocycles. The van der Waals surface area contributed by atoms with Gasteiger partial charge >= 0.3 is 5.69 Å². The molecule has 0 radical (unpaired) electrons. The van der Waals surface area contributed by atoms with Crippen molar-refractivity contribution in [3.63, 3.8) is 0 Å². The number of benzene rings is 2. The second-order valence-electron chi connectivity index (χ2n) is 8.65. The summed E-state index contributed by atoms with van der Waals surface area (Å²) < 4.78 is 35.8. The van der Waals surface area contributed by atoms with Crippen molar-refractivity contribution in [3.05, 3.63) is 89.5 Å². The number of hydrogen-bond acceptors (Lipinski definition) is 5. The van der Waals surface area contributed by atoms with Crippen LogP contribution in [0.4, 0.5) is 14.6 Å². The number of amides is 1. The number of hydrogen-bond donors (Lipinski definition) is 1. The molecule has 0 aliphatic heterocycles. The zero-order chi connectivity index (χ0) is 25.6. The molecule has 0 atom stereocenters. The molecule has 1 aliphatic rings. The molecule has 184 valence electrons. The highest BCUT2D eigenvalue weighted by atomic mass is 19.1. The Balaban J connectivity index is 1.48. The first kappa shape index (κ1) is 23.3. The number of nitrogens with two attached hydrogens (primary N) is 1. The minimum absolute atomic E-state index is 0.00766. The monoisotopic (exact) mass is 491 g/mol. The Labute approximate surface area is 204 Å². The maximum atomic E-state index is 14.0. The largest absolute Gasteiger partial charge is 0.454 e. The van der Waals surface area contributed by atoms with Crippen molar-refractivity contribution in [1.29, 1.82) is 0 Å². The summed E-state index contributed by atoms with van der Waals surface area (Å²) in [4.78, 5) is 31.4. The van der Waals surface area contributed by atoms with Crippen LogP contribution >= 0.6 is 0 Å². The van der Waals surface area contributed by atoms with E-state index in [9.17, 15) is 18.4 Å². The van der Waals surface area contributed by atoms with Gasteiger partial charge in [0.1, 0.15) is 22.9 Å². The second-order valence-corrected chi connectivity index (χ2v) is 8.65. The number of carbonyl (C=O) groups is 1. The van der Waals surface area contributed by atoms with Crippen LogP contribution in [0.1, 0.15) is 18.9 Å². The molecule has 0 spiro atoms. The summed E-state index contributed by atoms with van der Waals surface area (Å²) in [6.45, 7) is 3.53. The standard InChI is InChI=1S/C26H23F2N5O3/c1-3-23(34)31(2)17-13-18(14-17)32-21-10-11-30-25(29)24(21)33(26(32)35)16-5-7-19(8-6-16)36-22-9-4-15(27)12-20(22)28/h3-12,17-18H,1,13-14H2,2H3,(H2,29,30). The van der Waals surface area contributed by atoms with E-state index in [1.807, 2.05) is 0 Å². The van der Waals surface area contributed by atoms with Gasteiger partial charge in [-0.05, 0) is 61.4 Å². The van der Waals surface area contributed by atoms with Gasteiger partial charge in [-0.3, -0.25) is 13.9 Å². The van der Waals surface area contributed by atoms with Gasteiger partial charge in [-0.25, -0.2) is 18.6 Å². The Bertz CT molecular complexity index is 1540. The molecule has 5 rings (SSSR count). The van der Waals surface area contributed by atoms with E-state index < -0.39 is 11.6 Å². The number of nitrogen functional groups attached to an aromatic ring is 1. The lowest BCUT2D eigenvalue weighted by atomic mass is 9.85. The van der Waals surface area contributed by atoms with Crippen LogP contribution in [-0.2, 0) is 4.79 Å². The third kappa shape index (κ3) is 3.90. The van der Waals surface area contributed by atoms with Crippen LogP contribution in [0.15, 0.2) is 72.2 Å². The molecule has 1 fully saturated rings. The van der Waals surface area contributed by atoms with Crippen LogP contribution in [0.5, 0.6) is 11.5 Å². The van der Waals surface area contributed by atoms with Crippen LogP contribution in [0, 0.1) is 11.6 Å². The summed E-state index contributed by atoms with van der Waals surface area (Å²) in [5, 5.41) is 0. The number of fused-ring (bicyclic) bond motifs is 1. The SMILES string of the molecule is C=CC(=O)N(C)C1CC(n2c(=O)n(-c3ccc(Oc4ccc(F)cc4F)cc3)c3c(N)nccc32)C1. The van der Waals surface area contributed by atoms with E-state index >= 15 is 0 Å². The van der Waals surface area contributed by atoms with Crippen LogP contribution in [-0.4, -0.2) is 38.0 Å². The fourth-order valence-electron chi connectivity index (χ4n) is 4.54. The number of likely N-dealkylation sites (N-methyl/N-ethyl adjacent to an activating group) is 1. The fraction of sp³-hybridized carbons (Fsp3) is 0.192. The molecular formula is C26H23F2N5O3. The van der Waals surface area contributed by atoms with Crippen LogP contribution in [0.3, 0.4) is 0 Å². The molecule has 36 heavy (non-hydrogen) atoms. The van der Waals surface area contributed by atoms with Gasteiger partial charge in [-0.1, -0.05) is 6.58 Å². The molecule has 1 amide bonds. The van der Waals surface area contributed by atoms with E-state index in [4.69, 9.17) is 10.5 Å². The highest BCUT2D eigenvalue weighted by Gasteiger charge is 2.37. The van der Waals surface area contributed by atoms with Crippen molar-refractivity contribution in [2.45, 2.75) is 24.9 Å². The maximum absolute atomic E-state index is 14.0. The lowest BCUT2D eigenvalue weighted by Crippen LogP contribution is -2.47. The molecule has 2 heterocycles. The third-order valence-electron chi connectivity index (χ3n) is 6.55. The van der Waals surface area contributed by atoms with E-state index in [2.05, 4.69) is 11.6 Å². The average molecular weight is 491 g/mol. The van der Waals surface area contributed by atoms with Crippen molar-refractivity contribution in [2.24, 2.45) is 0 Å².